The first kappa shape index (κ1) is 30.2. The number of unbranched alkanes of at least 4 members (excludes halogenated alkanes) is 10. The van der Waals surface area contributed by atoms with Crippen LogP contribution in [0.3, 0.4) is 0 Å². The first-order valence-electron chi connectivity index (χ1n) is 12.1. The van der Waals surface area contributed by atoms with Gasteiger partial charge in [-0.1, -0.05) is 91.4 Å². The largest absolute Gasteiger partial charge is 1.00 e. The third kappa shape index (κ3) is 19.3. The van der Waals surface area contributed by atoms with Crippen molar-refractivity contribution in [1.29, 1.82) is 0 Å². The minimum atomic E-state index is -0.899. The molecular formula is C24H48LiNO2. The minimum absolute atomic E-state index is 0. The number of carboxylic acids is 1. The van der Waals surface area contributed by atoms with E-state index in [4.69, 9.17) is 0 Å². The van der Waals surface area contributed by atoms with E-state index >= 15 is 0 Å². The fourth-order valence-electron chi connectivity index (χ4n) is 3.99. The predicted molar refractivity (Wildman–Crippen MR) is 116 cm³/mol. The molecule has 0 saturated heterocycles. The van der Waals surface area contributed by atoms with Crippen molar-refractivity contribution >= 4 is 5.97 Å². The molecule has 0 radical (unpaired) electrons. The Morgan fingerprint density at radius 2 is 1.14 bits per heavy atom. The van der Waals surface area contributed by atoms with Crippen LogP contribution in [-0.4, -0.2) is 30.0 Å². The standard InChI is InChI=1S/C24H49NO2.Li/c1-4-7-9-11-13-15-21-25(22-16-14-12-10-8-5-2)23(18-6-3)19-17-20-24(26)27;/h23H,4-22H2,1-3H3,(H,26,27);/q;+1/p-1. The van der Waals surface area contributed by atoms with E-state index in [0.717, 1.165) is 12.8 Å². The van der Waals surface area contributed by atoms with Crippen molar-refractivity contribution in [2.24, 2.45) is 0 Å². The molecule has 0 N–H and O–H groups in total. The SMILES string of the molecule is CCCCCCCCN(CCCCCCCC)C(CCC)CCCC(=O)[O-].[Li+]. The molecule has 0 fully saturated rings. The monoisotopic (exact) mass is 389 g/mol. The maximum Gasteiger partial charge on any atom is 1.00 e. The molecule has 0 spiro atoms. The summed E-state index contributed by atoms with van der Waals surface area (Å²) in [6.07, 6.45) is 20.4. The number of nitrogens with zero attached hydrogens (tertiary/aromatic N) is 1. The zero-order valence-electron chi connectivity index (χ0n) is 19.8. The van der Waals surface area contributed by atoms with Crippen LogP contribution in [0, 0.1) is 0 Å². The van der Waals surface area contributed by atoms with Crippen LogP contribution in [0.25, 0.3) is 0 Å². The molecule has 0 rings (SSSR count). The van der Waals surface area contributed by atoms with Crippen molar-refractivity contribution in [3.8, 4) is 0 Å². The van der Waals surface area contributed by atoms with Crippen LogP contribution in [0.2, 0.25) is 0 Å². The molecule has 3 nitrogen and oxygen atoms in total. The number of hydrogen-bond acceptors (Lipinski definition) is 3. The molecule has 1 atom stereocenters. The van der Waals surface area contributed by atoms with Crippen LogP contribution < -0.4 is 24.0 Å². The molecule has 28 heavy (non-hydrogen) atoms. The van der Waals surface area contributed by atoms with Crippen LogP contribution in [0.15, 0.2) is 0 Å². The molecule has 0 aromatic carbocycles. The Labute approximate surface area is 188 Å². The zero-order chi connectivity index (χ0) is 20.2. The van der Waals surface area contributed by atoms with Gasteiger partial charge in [0.2, 0.25) is 0 Å². The normalized spacial score (nSPS) is 12.1. The summed E-state index contributed by atoms with van der Waals surface area (Å²) in [6.45, 7) is 9.17. The Morgan fingerprint density at radius 1 is 0.679 bits per heavy atom. The smallest absolute Gasteiger partial charge is 0.550 e. The van der Waals surface area contributed by atoms with Crippen molar-refractivity contribution in [1.82, 2.24) is 4.90 Å². The van der Waals surface area contributed by atoms with Gasteiger partial charge in [-0.25, -0.2) is 0 Å². The number of aliphatic carboxylic acids is 1. The van der Waals surface area contributed by atoms with Crippen molar-refractivity contribution < 1.29 is 28.8 Å². The Morgan fingerprint density at radius 3 is 1.57 bits per heavy atom. The molecule has 0 aromatic heterocycles. The van der Waals surface area contributed by atoms with Crippen LogP contribution in [-0.2, 0) is 4.79 Å². The summed E-state index contributed by atoms with van der Waals surface area (Å²) < 4.78 is 0. The number of carboxylic acid groups (broad SMARTS) is 1. The zero-order valence-corrected chi connectivity index (χ0v) is 19.8. The summed E-state index contributed by atoms with van der Waals surface area (Å²) in [4.78, 5) is 13.5. The second-order valence-corrected chi connectivity index (χ2v) is 8.28. The molecule has 0 aliphatic carbocycles. The fourth-order valence-corrected chi connectivity index (χ4v) is 3.99. The molecular weight excluding hydrogens is 341 g/mol. The van der Waals surface area contributed by atoms with E-state index in [1.807, 2.05) is 0 Å². The maximum atomic E-state index is 10.8. The van der Waals surface area contributed by atoms with Gasteiger partial charge in [0.15, 0.2) is 0 Å². The van der Waals surface area contributed by atoms with Crippen LogP contribution in [0.5, 0.6) is 0 Å². The van der Waals surface area contributed by atoms with Gasteiger partial charge in [0, 0.05) is 12.0 Å². The van der Waals surface area contributed by atoms with Crippen molar-refractivity contribution in [3.05, 3.63) is 0 Å². The van der Waals surface area contributed by atoms with Crippen molar-refractivity contribution in [3.63, 3.8) is 0 Å². The van der Waals surface area contributed by atoms with Gasteiger partial charge in [0.25, 0.3) is 0 Å². The number of carbonyl (C=O) groups is 1. The molecule has 0 aromatic rings. The van der Waals surface area contributed by atoms with Gasteiger partial charge in [-0.2, -0.15) is 0 Å². The summed E-state index contributed by atoms with van der Waals surface area (Å²) >= 11 is 0. The minimum Gasteiger partial charge on any atom is -0.550 e. The number of hydrogen-bond donors (Lipinski definition) is 0. The molecule has 4 heteroatoms. The second kappa shape index (κ2) is 23.3. The van der Waals surface area contributed by atoms with Gasteiger partial charge in [-0.3, -0.25) is 0 Å². The van der Waals surface area contributed by atoms with Gasteiger partial charge in [0.05, 0.1) is 0 Å². The van der Waals surface area contributed by atoms with E-state index < -0.39 is 5.97 Å². The summed E-state index contributed by atoms with van der Waals surface area (Å²) in [5, 5.41) is 10.8. The molecule has 0 heterocycles. The van der Waals surface area contributed by atoms with Crippen LogP contribution >= 0.6 is 0 Å². The van der Waals surface area contributed by atoms with E-state index in [0.29, 0.717) is 6.04 Å². The first-order valence-corrected chi connectivity index (χ1v) is 12.1. The van der Waals surface area contributed by atoms with E-state index in [1.165, 1.54) is 103 Å². The van der Waals surface area contributed by atoms with Gasteiger partial charge in [0.1, 0.15) is 0 Å². The third-order valence-corrected chi connectivity index (χ3v) is 5.65. The Balaban J connectivity index is 0. The molecule has 0 aliphatic rings. The fraction of sp³-hybridized carbons (Fsp3) is 0.958. The van der Waals surface area contributed by atoms with E-state index in [1.54, 1.807) is 0 Å². The van der Waals surface area contributed by atoms with E-state index in [-0.39, 0.29) is 25.3 Å². The van der Waals surface area contributed by atoms with Crippen molar-refractivity contribution in [2.75, 3.05) is 13.1 Å². The summed E-state index contributed by atoms with van der Waals surface area (Å²) in [5.74, 6) is -0.899. The second-order valence-electron chi connectivity index (χ2n) is 8.28. The van der Waals surface area contributed by atoms with E-state index in [2.05, 4.69) is 25.7 Å². The van der Waals surface area contributed by atoms with Gasteiger partial charge >= 0.3 is 18.9 Å². The maximum absolute atomic E-state index is 10.8. The molecule has 0 aliphatic heterocycles. The number of carbonyl (C=O) groups excluding carboxylic acids is 1. The summed E-state index contributed by atoms with van der Waals surface area (Å²) in [6, 6.07) is 0.556. The molecule has 162 valence electrons. The van der Waals surface area contributed by atoms with Crippen LogP contribution in [0.1, 0.15) is 130 Å². The molecule has 1 unspecified atom stereocenters. The van der Waals surface area contributed by atoms with Crippen molar-refractivity contribution in [2.45, 2.75) is 136 Å². The van der Waals surface area contributed by atoms with E-state index in [9.17, 15) is 9.90 Å². The van der Waals surface area contributed by atoms with Gasteiger partial charge < -0.3 is 14.8 Å². The predicted octanol–water partition coefficient (Wildman–Crippen LogP) is 3.10. The Bertz CT molecular complexity index is 310. The Kier molecular flexibility index (Phi) is 25.2. The summed E-state index contributed by atoms with van der Waals surface area (Å²) in [5.41, 5.74) is 0. The molecule has 0 amide bonds. The quantitative estimate of drug-likeness (QED) is 0.224. The first-order chi connectivity index (χ1) is 13.2. The summed E-state index contributed by atoms with van der Waals surface area (Å²) in [7, 11) is 0. The Hall–Kier alpha value is 0.0274. The number of rotatable bonds is 21. The van der Waals surface area contributed by atoms with Gasteiger partial charge in [-0.05, 0) is 51.6 Å². The average Bonchev–Trinajstić information content (AvgIpc) is 2.64. The molecule has 0 saturated carbocycles. The molecule has 0 bridgehead atoms. The average molecular weight is 390 g/mol. The van der Waals surface area contributed by atoms with Gasteiger partial charge in [-0.15, -0.1) is 0 Å². The third-order valence-electron chi connectivity index (χ3n) is 5.65. The topological polar surface area (TPSA) is 43.4 Å². The van der Waals surface area contributed by atoms with Crippen LogP contribution in [0.4, 0.5) is 0 Å².